The third-order valence-corrected chi connectivity index (χ3v) is 6.41. The number of nitrogens with two attached hydrogens (primary N) is 1. The lowest BCUT2D eigenvalue weighted by Gasteiger charge is -2.32. The largest absolute Gasteiger partial charge is 0.360 e. The fourth-order valence-corrected chi connectivity index (χ4v) is 4.45. The standard InChI is InChI=1S/C23H28FN7O2S/c1-30-8-10-31(11-9-30)13-16-2-4-17(5-3-16)21(32)29-22-19(14-33-15-25)28-23(34-22)27-18-6-7-26-20(24)12-18/h2-7,12H,8-11,13-15,25H2,1H3,(H,29,32)(H,26,27,28). The van der Waals surface area contributed by atoms with Crippen molar-refractivity contribution < 1.29 is 13.9 Å². The summed E-state index contributed by atoms with van der Waals surface area (Å²) in [5.41, 5.74) is 8.21. The molecule has 11 heteroatoms. The lowest BCUT2D eigenvalue weighted by atomic mass is 10.1. The average molecular weight is 486 g/mol. The number of benzene rings is 1. The predicted octanol–water partition coefficient (Wildman–Crippen LogP) is 2.85. The summed E-state index contributed by atoms with van der Waals surface area (Å²) in [6.07, 6.45) is 1.36. The van der Waals surface area contributed by atoms with Crippen molar-refractivity contribution in [3.8, 4) is 0 Å². The monoisotopic (exact) mass is 485 g/mol. The van der Waals surface area contributed by atoms with E-state index in [-0.39, 0.29) is 19.2 Å². The van der Waals surface area contributed by atoms with Gasteiger partial charge in [0.05, 0.1) is 13.3 Å². The number of likely N-dealkylation sites (N-methyl/N-ethyl adjacent to an activating group) is 1. The van der Waals surface area contributed by atoms with Crippen LogP contribution < -0.4 is 16.4 Å². The Morgan fingerprint density at radius 3 is 2.68 bits per heavy atom. The molecule has 9 nitrogen and oxygen atoms in total. The number of carbonyl (C=O) groups excluding carboxylic acids is 1. The van der Waals surface area contributed by atoms with Crippen LogP contribution >= 0.6 is 11.3 Å². The summed E-state index contributed by atoms with van der Waals surface area (Å²) in [7, 11) is 2.14. The first-order chi connectivity index (χ1) is 16.5. The van der Waals surface area contributed by atoms with E-state index in [4.69, 9.17) is 10.5 Å². The molecule has 1 aliphatic heterocycles. The minimum atomic E-state index is -0.599. The second-order valence-corrected chi connectivity index (χ2v) is 9.03. The van der Waals surface area contributed by atoms with Gasteiger partial charge in [-0.05, 0) is 30.8 Å². The Balaban J connectivity index is 1.42. The molecule has 0 spiro atoms. The van der Waals surface area contributed by atoms with Crippen LogP contribution in [0.2, 0.25) is 0 Å². The van der Waals surface area contributed by atoms with Crippen molar-refractivity contribution in [3.05, 3.63) is 65.4 Å². The zero-order chi connectivity index (χ0) is 23.9. The molecule has 3 heterocycles. The maximum Gasteiger partial charge on any atom is 0.256 e. The number of carbonyl (C=O) groups is 1. The Hall–Kier alpha value is -2.96. The number of aromatic nitrogens is 2. The summed E-state index contributed by atoms with van der Waals surface area (Å²) in [5, 5.41) is 6.96. The summed E-state index contributed by atoms with van der Waals surface area (Å²) in [6, 6.07) is 10.5. The number of hydrogen-bond donors (Lipinski definition) is 3. The van der Waals surface area contributed by atoms with E-state index < -0.39 is 5.95 Å². The molecule has 4 rings (SSSR count). The normalized spacial score (nSPS) is 14.8. The number of thiazole rings is 1. The van der Waals surface area contributed by atoms with E-state index in [2.05, 4.69) is 37.4 Å². The zero-order valence-electron chi connectivity index (χ0n) is 19.0. The lowest BCUT2D eigenvalue weighted by Crippen LogP contribution is -2.43. The summed E-state index contributed by atoms with van der Waals surface area (Å²) in [5.74, 6) is -0.844. The van der Waals surface area contributed by atoms with Crippen molar-refractivity contribution in [1.29, 1.82) is 0 Å². The fourth-order valence-electron chi connectivity index (χ4n) is 3.56. The van der Waals surface area contributed by atoms with Gasteiger partial charge in [0.25, 0.3) is 5.91 Å². The van der Waals surface area contributed by atoms with E-state index in [1.165, 1.54) is 29.2 Å². The highest BCUT2D eigenvalue weighted by molar-refractivity contribution is 7.19. The van der Waals surface area contributed by atoms with E-state index in [0.717, 1.165) is 32.7 Å². The molecular formula is C23H28FN7O2S. The van der Waals surface area contributed by atoms with Crippen LogP contribution in [-0.2, 0) is 17.9 Å². The number of nitrogens with zero attached hydrogens (tertiary/aromatic N) is 4. The van der Waals surface area contributed by atoms with Crippen LogP contribution in [0, 0.1) is 5.95 Å². The molecule has 0 aliphatic carbocycles. The molecule has 0 radical (unpaired) electrons. The number of halogens is 1. The van der Waals surface area contributed by atoms with E-state index in [1.54, 1.807) is 6.07 Å². The molecule has 0 saturated carbocycles. The van der Waals surface area contributed by atoms with Gasteiger partial charge in [0.1, 0.15) is 10.7 Å². The molecule has 0 bridgehead atoms. The second-order valence-electron chi connectivity index (χ2n) is 8.03. The Bertz CT molecular complexity index is 1100. The van der Waals surface area contributed by atoms with Crippen molar-refractivity contribution >= 4 is 33.1 Å². The molecular weight excluding hydrogens is 457 g/mol. The molecule has 1 saturated heterocycles. The number of pyridine rings is 1. The Morgan fingerprint density at radius 2 is 1.97 bits per heavy atom. The Labute approximate surface area is 201 Å². The second kappa shape index (κ2) is 11.4. The number of amides is 1. The molecule has 1 aliphatic rings. The highest BCUT2D eigenvalue weighted by Gasteiger charge is 2.17. The van der Waals surface area contributed by atoms with Gasteiger partial charge in [-0.1, -0.05) is 23.5 Å². The number of ether oxygens (including phenoxy) is 1. The third-order valence-electron chi connectivity index (χ3n) is 5.48. The summed E-state index contributed by atoms with van der Waals surface area (Å²) >= 11 is 1.23. The fraction of sp³-hybridized carbons (Fsp3) is 0.348. The molecule has 1 fully saturated rings. The Morgan fingerprint density at radius 1 is 1.21 bits per heavy atom. The van der Waals surface area contributed by atoms with E-state index in [9.17, 15) is 9.18 Å². The molecule has 0 unspecified atom stereocenters. The maximum absolute atomic E-state index is 13.4. The molecule has 3 aromatic rings. The first-order valence-corrected chi connectivity index (χ1v) is 11.8. The summed E-state index contributed by atoms with van der Waals surface area (Å²) < 4.78 is 18.7. The zero-order valence-corrected chi connectivity index (χ0v) is 19.8. The number of piperazine rings is 1. The van der Waals surface area contributed by atoms with Gasteiger partial charge in [-0.2, -0.15) is 4.39 Å². The van der Waals surface area contributed by atoms with Crippen molar-refractivity contribution in [2.45, 2.75) is 13.2 Å². The highest BCUT2D eigenvalue weighted by Crippen LogP contribution is 2.31. The van der Waals surface area contributed by atoms with Crippen LogP contribution in [0.15, 0.2) is 42.6 Å². The molecule has 1 aromatic carbocycles. The van der Waals surface area contributed by atoms with Crippen molar-refractivity contribution in [3.63, 3.8) is 0 Å². The van der Waals surface area contributed by atoms with Crippen LogP contribution in [0.1, 0.15) is 21.6 Å². The van der Waals surface area contributed by atoms with Gasteiger partial charge in [-0.25, -0.2) is 9.97 Å². The van der Waals surface area contributed by atoms with Gasteiger partial charge >= 0.3 is 0 Å². The van der Waals surface area contributed by atoms with Crippen molar-refractivity contribution in [2.24, 2.45) is 5.73 Å². The van der Waals surface area contributed by atoms with Crippen LogP contribution in [0.4, 0.5) is 20.2 Å². The van der Waals surface area contributed by atoms with Gasteiger partial charge in [0.2, 0.25) is 5.95 Å². The third kappa shape index (κ3) is 6.55. The van der Waals surface area contributed by atoms with Gasteiger partial charge < -0.3 is 26.0 Å². The molecule has 180 valence electrons. The Kier molecular flexibility index (Phi) is 8.14. The number of anilines is 3. The van der Waals surface area contributed by atoms with Crippen molar-refractivity contribution in [1.82, 2.24) is 19.8 Å². The van der Waals surface area contributed by atoms with E-state index >= 15 is 0 Å². The van der Waals surface area contributed by atoms with Crippen LogP contribution in [0.25, 0.3) is 0 Å². The topological polar surface area (TPSA) is 109 Å². The minimum Gasteiger partial charge on any atom is -0.360 e. The quantitative estimate of drug-likeness (QED) is 0.314. The molecule has 4 N–H and O–H groups in total. The average Bonchev–Trinajstić information content (AvgIpc) is 3.20. The number of nitrogens with one attached hydrogen (secondary N) is 2. The van der Waals surface area contributed by atoms with Gasteiger partial charge in [0, 0.05) is 56.2 Å². The van der Waals surface area contributed by atoms with Gasteiger partial charge in [-0.3, -0.25) is 9.69 Å². The summed E-state index contributed by atoms with van der Waals surface area (Å²) in [4.78, 5) is 25.6. The van der Waals surface area contributed by atoms with Crippen LogP contribution in [0.5, 0.6) is 0 Å². The SMILES string of the molecule is CN1CCN(Cc2ccc(C(=O)Nc3sc(Nc4ccnc(F)c4)nc3COCN)cc2)CC1. The van der Waals surface area contributed by atoms with Crippen LogP contribution in [0.3, 0.4) is 0 Å². The minimum absolute atomic E-state index is 0.0258. The van der Waals surface area contributed by atoms with E-state index in [1.807, 2.05) is 24.3 Å². The predicted molar refractivity (Wildman–Crippen MR) is 131 cm³/mol. The smallest absolute Gasteiger partial charge is 0.256 e. The summed E-state index contributed by atoms with van der Waals surface area (Å²) in [6.45, 7) is 5.25. The first kappa shape index (κ1) is 24.2. The van der Waals surface area contributed by atoms with Gasteiger partial charge in [0.15, 0.2) is 5.13 Å². The molecule has 0 atom stereocenters. The highest BCUT2D eigenvalue weighted by atomic mass is 32.1. The lowest BCUT2D eigenvalue weighted by molar-refractivity contribution is 0.102. The molecule has 2 aromatic heterocycles. The maximum atomic E-state index is 13.4. The molecule has 1 amide bonds. The van der Waals surface area contributed by atoms with Crippen LogP contribution in [-0.4, -0.2) is 65.6 Å². The van der Waals surface area contributed by atoms with E-state index in [0.29, 0.717) is 27.1 Å². The number of hydrogen-bond acceptors (Lipinski definition) is 9. The number of rotatable bonds is 9. The van der Waals surface area contributed by atoms with Gasteiger partial charge in [-0.15, -0.1) is 0 Å². The molecule has 34 heavy (non-hydrogen) atoms. The van der Waals surface area contributed by atoms with Crippen molar-refractivity contribution in [2.75, 3.05) is 50.6 Å². The first-order valence-electron chi connectivity index (χ1n) is 11.0.